The lowest BCUT2D eigenvalue weighted by atomic mass is 9.78. The lowest BCUT2D eigenvalue weighted by molar-refractivity contribution is -0.302. The van der Waals surface area contributed by atoms with Gasteiger partial charge in [-0.25, -0.2) is 4.79 Å². The number of ether oxygens (including phenoxy) is 5. The van der Waals surface area contributed by atoms with E-state index in [1.807, 2.05) is 39.8 Å². The number of cyclic esters (lactones) is 1. The molecule has 3 aliphatic heterocycles. The van der Waals surface area contributed by atoms with Crippen LogP contribution >= 0.6 is 0 Å². The molecule has 0 aromatic rings. The van der Waals surface area contributed by atoms with Gasteiger partial charge in [0.2, 0.25) is 0 Å². The minimum atomic E-state index is -1.16. The Hall–Kier alpha value is -1.87. The molecule has 4 rings (SSSR count). The number of alkyl carbamates (subject to hydrolysis) is 1. The van der Waals surface area contributed by atoms with Gasteiger partial charge in [0.1, 0.15) is 18.1 Å². The van der Waals surface area contributed by atoms with E-state index >= 15 is 0 Å². The maximum atomic E-state index is 14.3. The summed E-state index contributed by atoms with van der Waals surface area (Å²) in [6, 6.07) is -0.403. The SMILES string of the molecule is CC[C@H]1OC(=O)C(C)C(=O)[C@H](C)[C@@H](OC2OC(C(C)CNC3CC3)CC(N(C)C)C2O)[C@](C)(OC)C[C@@H](C)CN[C@H](C)[C@H]2NC(=O)O[C@@]21C. The predicted octanol–water partition coefficient (Wildman–Crippen LogP) is 2.62. The van der Waals surface area contributed by atoms with Gasteiger partial charge in [0.05, 0.1) is 23.9 Å². The van der Waals surface area contributed by atoms with E-state index in [0.29, 0.717) is 31.8 Å². The highest BCUT2D eigenvalue weighted by Gasteiger charge is 2.55. The third kappa shape index (κ3) is 8.96. The molecule has 49 heavy (non-hydrogen) atoms. The van der Waals surface area contributed by atoms with Gasteiger partial charge in [-0.05, 0) is 92.3 Å². The van der Waals surface area contributed by atoms with E-state index in [0.717, 1.165) is 6.54 Å². The zero-order valence-corrected chi connectivity index (χ0v) is 31.6. The van der Waals surface area contributed by atoms with Crippen molar-refractivity contribution >= 4 is 17.8 Å². The zero-order valence-electron chi connectivity index (χ0n) is 31.6. The summed E-state index contributed by atoms with van der Waals surface area (Å²) < 4.78 is 31.4. The predicted molar refractivity (Wildman–Crippen MR) is 184 cm³/mol. The number of amides is 1. The summed E-state index contributed by atoms with van der Waals surface area (Å²) in [5.74, 6) is -2.87. The van der Waals surface area contributed by atoms with Crippen LogP contribution in [0.2, 0.25) is 0 Å². The summed E-state index contributed by atoms with van der Waals surface area (Å²) >= 11 is 0. The van der Waals surface area contributed by atoms with Gasteiger partial charge >= 0.3 is 12.1 Å². The van der Waals surface area contributed by atoms with Crippen LogP contribution < -0.4 is 16.0 Å². The van der Waals surface area contributed by atoms with Crippen molar-refractivity contribution in [2.24, 2.45) is 23.7 Å². The van der Waals surface area contributed by atoms with Crippen LogP contribution in [0.25, 0.3) is 0 Å². The Balaban J connectivity index is 1.67. The van der Waals surface area contributed by atoms with E-state index in [1.54, 1.807) is 21.0 Å². The number of Topliss-reactive ketones (excluding diaryl/α,β-unsaturated/α-hetero) is 1. The van der Waals surface area contributed by atoms with Gasteiger partial charge in [-0.15, -0.1) is 0 Å². The Kier molecular flexibility index (Phi) is 13.2. The van der Waals surface area contributed by atoms with Gasteiger partial charge in [-0.2, -0.15) is 0 Å². The third-order valence-corrected chi connectivity index (χ3v) is 11.6. The molecule has 0 spiro atoms. The summed E-state index contributed by atoms with van der Waals surface area (Å²) in [5, 5.41) is 21.7. The molecule has 3 heterocycles. The van der Waals surface area contributed by atoms with Gasteiger partial charge in [-0.3, -0.25) is 9.59 Å². The minimum Gasteiger partial charge on any atom is -0.458 e. The van der Waals surface area contributed by atoms with Gasteiger partial charge in [0.15, 0.2) is 17.7 Å². The zero-order chi connectivity index (χ0) is 36.4. The van der Waals surface area contributed by atoms with Crippen molar-refractivity contribution in [3.8, 4) is 0 Å². The highest BCUT2D eigenvalue weighted by Crippen LogP contribution is 2.38. The molecule has 0 aromatic carbocycles. The first kappa shape index (κ1) is 39.9. The molecule has 13 heteroatoms. The highest BCUT2D eigenvalue weighted by molar-refractivity contribution is 6.00. The molecule has 4 aliphatic rings. The second kappa shape index (κ2) is 16.2. The van der Waals surface area contributed by atoms with Crippen molar-refractivity contribution in [3.63, 3.8) is 0 Å². The number of aliphatic hydroxyl groups is 1. The maximum absolute atomic E-state index is 14.3. The molecule has 0 aromatic heterocycles. The van der Waals surface area contributed by atoms with Crippen LogP contribution in [-0.4, -0.2) is 128 Å². The second-order valence-corrected chi connectivity index (χ2v) is 16.0. The molecule has 13 nitrogen and oxygen atoms in total. The van der Waals surface area contributed by atoms with E-state index in [9.17, 15) is 19.5 Å². The summed E-state index contributed by atoms with van der Waals surface area (Å²) in [5.41, 5.74) is -2.17. The number of likely N-dealkylation sites (N-methyl/N-ethyl adjacent to an activating group) is 1. The quantitative estimate of drug-likeness (QED) is 0.207. The number of carbonyl (C=O) groups excluding carboxylic acids is 3. The number of esters is 1. The number of hydrogen-bond donors (Lipinski definition) is 4. The van der Waals surface area contributed by atoms with Crippen molar-refractivity contribution in [1.29, 1.82) is 0 Å². The average Bonchev–Trinajstić information content (AvgIpc) is 3.84. The molecule has 0 bridgehead atoms. The monoisotopic (exact) mass is 696 g/mol. The van der Waals surface area contributed by atoms with Crippen molar-refractivity contribution in [1.82, 2.24) is 20.9 Å². The van der Waals surface area contributed by atoms with Crippen LogP contribution in [0.15, 0.2) is 0 Å². The largest absolute Gasteiger partial charge is 0.458 e. The Bertz CT molecular complexity index is 1160. The first-order valence-electron chi connectivity index (χ1n) is 18.4. The molecule has 282 valence electrons. The van der Waals surface area contributed by atoms with E-state index < -0.39 is 65.7 Å². The third-order valence-electron chi connectivity index (χ3n) is 11.6. The highest BCUT2D eigenvalue weighted by atomic mass is 16.7. The molecule has 6 unspecified atom stereocenters. The molecular formula is C36H64N4O9. The van der Waals surface area contributed by atoms with Crippen molar-refractivity contribution in [2.45, 2.75) is 154 Å². The fourth-order valence-electron chi connectivity index (χ4n) is 8.11. The number of rotatable bonds is 9. The maximum Gasteiger partial charge on any atom is 0.408 e. The molecule has 1 aliphatic carbocycles. The molecule has 4 N–H and O–H groups in total. The lowest BCUT2D eigenvalue weighted by Crippen LogP contribution is -2.60. The second-order valence-electron chi connectivity index (χ2n) is 16.0. The Morgan fingerprint density at radius 1 is 1.12 bits per heavy atom. The number of aliphatic hydroxyl groups excluding tert-OH is 1. The number of carbonyl (C=O) groups is 3. The summed E-state index contributed by atoms with van der Waals surface area (Å²) in [7, 11) is 5.47. The normalized spacial score (nSPS) is 43.5. The molecule has 1 saturated carbocycles. The smallest absolute Gasteiger partial charge is 0.408 e. The van der Waals surface area contributed by atoms with E-state index in [2.05, 4.69) is 29.8 Å². The van der Waals surface area contributed by atoms with Crippen LogP contribution in [0, 0.1) is 23.7 Å². The number of ketones is 1. The first-order chi connectivity index (χ1) is 22.9. The van der Waals surface area contributed by atoms with Crippen molar-refractivity contribution < 1.29 is 43.2 Å². The topological polar surface area (TPSA) is 157 Å². The standard InChI is InChI=1S/C36H64N4O9/c1-12-27-36(8)30(39-34(44)49-36)23(6)37-17-19(2)16-35(7,45-11)31(21(4)28(41)22(5)32(43)47-27)48-33-29(42)25(40(9)10)15-26(46-33)20(3)18-38-24-13-14-24/h19-27,29-31,33,37-38,42H,12-18H2,1-11H3,(H,39,44)/t19-,20?,21+,22?,23-,25?,26?,27-,29?,30-,31-,33?,35-,36-/m1/s1. The van der Waals surface area contributed by atoms with Gasteiger partial charge in [0, 0.05) is 37.7 Å². The number of methoxy groups -OCH3 is 1. The average molecular weight is 697 g/mol. The molecule has 0 radical (unpaired) electrons. The van der Waals surface area contributed by atoms with Crippen LogP contribution in [0.1, 0.15) is 87.5 Å². The molecule has 14 atom stereocenters. The van der Waals surface area contributed by atoms with Gasteiger partial charge < -0.3 is 49.6 Å². The molecule has 3 saturated heterocycles. The van der Waals surface area contributed by atoms with E-state index in [1.165, 1.54) is 19.8 Å². The van der Waals surface area contributed by atoms with Crippen LogP contribution in [0.3, 0.4) is 0 Å². The molecular weight excluding hydrogens is 632 g/mol. The minimum absolute atomic E-state index is 0.0282. The summed E-state index contributed by atoms with van der Waals surface area (Å²) in [4.78, 5) is 42.5. The van der Waals surface area contributed by atoms with E-state index in [4.69, 9.17) is 23.7 Å². The molecule has 4 fully saturated rings. The van der Waals surface area contributed by atoms with Crippen LogP contribution in [0.4, 0.5) is 4.79 Å². The van der Waals surface area contributed by atoms with Crippen LogP contribution in [0.5, 0.6) is 0 Å². The number of nitrogens with zero attached hydrogens (tertiary/aromatic N) is 1. The van der Waals surface area contributed by atoms with Crippen LogP contribution in [-0.2, 0) is 33.3 Å². The lowest BCUT2D eigenvalue weighted by Gasteiger charge is -2.48. The Morgan fingerprint density at radius 2 is 1.80 bits per heavy atom. The molecule has 1 amide bonds. The van der Waals surface area contributed by atoms with E-state index in [-0.39, 0.29) is 35.8 Å². The van der Waals surface area contributed by atoms with Crippen molar-refractivity contribution in [3.05, 3.63) is 0 Å². The summed E-state index contributed by atoms with van der Waals surface area (Å²) in [6.45, 7) is 16.4. The number of hydrogen-bond acceptors (Lipinski definition) is 12. The fourth-order valence-corrected chi connectivity index (χ4v) is 8.11. The Morgan fingerprint density at radius 3 is 2.39 bits per heavy atom. The van der Waals surface area contributed by atoms with Gasteiger partial charge in [-0.1, -0.05) is 27.7 Å². The first-order valence-corrected chi connectivity index (χ1v) is 18.4. The number of fused-ring (bicyclic) bond motifs is 1. The fraction of sp³-hybridized carbons (Fsp3) is 0.917. The van der Waals surface area contributed by atoms with Gasteiger partial charge in [0.25, 0.3) is 0 Å². The van der Waals surface area contributed by atoms with Crippen molar-refractivity contribution in [2.75, 3.05) is 34.3 Å². The number of nitrogens with one attached hydrogen (secondary N) is 3. The Labute approximate surface area is 293 Å². The summed E-state index contributed by atoms with van der Waals surface area (Å²) in [6.07, 6.45) is -0.594.